The molecule has 2 rings (SSSR count). The highest BCUT2D eigenvalue weighted by molar-refractivity contribution is 7.89. The second-order valence-electron chi connectivity index (χ2n) is 4.98. The van der Waals surface area contributed by atoms with Crippen LogP contribution in [0.5, 0.6) is 5.75 Å². The van der Waals surface area contributed by atoms with E-state index in [9.17, 15) is 8.42 Å². The molecule has 0 radical (unpaired) electrons. The summed E-state index contributed by atoms with van der Waals surface area (Å²) in [5.41, 5.74) is 0.725. The fraction of sp³-hybridized carbons (Fsp3) is 0.294. The first-order chi connectivity index (χ1) is 11.5. The highest BCUT2D eigenvalue weighted by Crippen LogP contribution is 2.26. The summed E-state index contributed by atoms with van der Waals surface area (Å²) in [6, 6.07) is 13.7. The predicted octanol–water partition coefficient (Wildman–Crippen LogP) is 3.40. The number of nitrogens with one attached hydrogen (secondary N) is 1. The van der Waals surface area contributed by atoms with E-state index in [2.05, 4.69) is 4.72 Å². The van der Waals surface area contributed by atoms with Crippen molar-refractivity contribution in [2.75, 3.05) is 20.3 Å². The van der Waals surface area contributed by atoms with Crippen molar-refractivity contribution in [3.8, 4) is 5.75 Å². The van der Waals surface area contributed by atoms with Gasteiger partial charge in [0.25, 0.3) is 0 Å². The van der Waals surface area contributed by atoms with Crippen LogP contribution in [-0.4, -0.2) is 28.7 Å². The van der Waals surface area contributed by atoms with Crippen LogP contribution in [-0.2, 0) is 14.8 Å². The third kappa shape index (κ3) is 4.48. The number of rotatable bonds is 8. The summed E-state index contributed by atoms with van der Waals surface area (Å²) >= 11 is 6.15. The first-order valence-electron chi connectivity index (χ1n) is 7.48. The summed E-state index contributed by atoms with van der Waals surface area (Å²) in [5.74, 6) is 0.319. The van der Waals surface area contributed by atoms with Gasteiger partial charge in [0.05, 0.1) is 12.7 Å². The molecule has 0 aliphatic heterocycles. The van der Waals surface area contributed by atoms with Crippen LogP contribution in [0.3, 0.4) is 0 Å². The molecule has 1 unspecified atom stereocenters. The Bertz CT molecular complexity index is 780. The fourth-order valence-corrected chi connectivity index (χ4v) is 3.70. The number of hydrogen-bond donors (Lipinski definition) is 1. The lowest BCUT2D eigenvalue weighted by molar-refractivity contribution is 0.107. The van der Waals surface area contributed by atoms with Gasteiger partial charge in [0.2, 0.25) is 10.0 Å². The molecular weight excluding hydrogens is 350 g/mol. The Hall–Kier alpha value is -1.60. The molecule has 5 nitrogen and oxygen atoms in total. The van der Waals surface area contributed by atoms with Crippen molar-refractivity contribution in [3.63, 3.8) is 0 Å². The summed E-state index contributed by atoms with van der Waals surface area (Å²) in [5, 5.41) is 0.526. The molecule has 2 aromatic rings. The monoisotopic (exact) mass is 369 g/mol. The minimum absolute atomic E-state index is 0.0586. The summed E-state index contributed by atoms with van der Waals surface area (Å²) in [6.07, 6.45) is -0.493. The fourth-order valence-electron chi connectivity index (χ4n) is 2.27. The zero-order valence-corrected chi connectivity index (χ0v) is 15.1. The Labute approximate surface area is 147 Å². The van der Waals surface area contributed by atoms with Crippen LogP contribution in [0.15, 0.2) is 53.4 Å². The van der Waals surface area contributed by atoms with Crippen LogP contribution in [0.2, 0.25) is 5.02 Å². The summed E-state index contributed by atoms with van der Waals surface area (Å²) in [7, 11) is -2.23. The first-order valence-corrected chi connectivity index (χ1v) is 9.34. The largest absolute Gasteiger partial charge is 0.492 e. The van der Waals surface area contributed by atoms with E-state index in [0.717, 1.165) is 5.56 Å². The lowest BCUT2D eigenvalue weighted by atomic mass is 10.1. The lowest BCUT2D eigenvalue weighted by Gasteiger charge is -2.18. The van der Waals surface area contributed by atoms with Gasteiger partial charge in [-0.3, -0.25) is 0 Å². The van der Waals surface area contributed by atoms with Gasteiger partial charge < -0.3 is 9.47 Å². The second kappa shape index (κ2) is 8.48. The van der Waals surface area contributed by atoms with Crippen molar-refractivity contribution in [1.82, 2.24) is 4.72 Å². The number of ether oxygens (including phenoxy) is 2. The Kier molecular flexibility index (Phi) is 6.62. The predicted molar refractivity (Wildman–Crippen MR) is 94.0 cm³/mol. The Morgan fingerprint density at radius 3 is 2.46 bits per heavy atom. The zero-order chi connectivity index (χ0) is 17.6. The Morgan fingerprint density at radius 2 is 1.79 bits per heavy atom. The Morgan fingerprint density at radius 1 is 1.12 bits per heavy atom. The number of hydrogen-bond acceptors (Lipinski definition) is 4. The molecule has 2 aromatic carbocycles. The van der Waals surface area contributed by atoms with E-state index in [-0.39, 0.29) is 11.4 Å². The van der Waals surface area contributed by atoms with Gasteiger partial charge in [0, 0.05) is 24.2 Å². The van der Waals surface area contributed by atoms with Crippen LogP contribution < -0.4 is 9.46 Å². The molecule has 0 saturated heterocycles. The molecule has 0 amide bonds. The molecule has 0 saturated carbocycles. The van der Waals surface area contributed by atoms with E-state index in [1.165, 1.54) is 13.2 Å². The van der Waals surface area contributed by atoms with Crippen molar-refractivity contribution in [2.24, 2.45) is 0 Å². The summed E-state index contributed by atoms with van der Waals surface area (Å²) < 4.78 is 38.5. The maximum atomic E-state index is 12.6. The molecule has 0 fully saturated rings. The van der Waals surface area contributed by atoms with E-state index in [0.29, 0.717) is 17.4 Å². The van der Waals surface area contributed by atoms with Gasteiger partial charge in [-0.2, -0.15) is 0 Å². The standard InChI is InChI=1S/C17H20ClNO4S/c1-3-23-15-10-6-7-11-17(15)24(20,21)19-12-16(22-2)13-8-4-5-9-14(13)18/h4-11,16,19H,3,12H2,1-2H3. The van der Waals surface area contributed by atoms with Crippen LogP contribution >= 0.6 is 11.6 Å². The van der Waals surface area contributed by atoms with Crippen LogP contribution in [0.25, 0.3) is 0 Å². The van der Waals surface area contributed by atoms with E-state index < -0.39 is 16.1 Å². The smallest absolute Gasteiger partial charge is 0.244 e. The van der Waals surface area contributed by atoms with Gasteiger partial charge in [-0.15, -0.1) is 0 Å². The van der Waals surface area contributed by atoms with Crippen LogP contribution in [0.4, 0.5) is 0 Å². The quantitative estimate of drug-likeness (QED) is 0.774. The topological polar surface area (TPSA) is 64.6 Å². The lowest BCUT2D eigenvalue weighted by Crippen LogP contribution is -2.29. The molecule has 0 spiro atoms. The highest BCUT2D eigenvalue weighted by Gasteiger charge is 2.22. The number of sulfonamides is 1. The van der Waals surface area contributed by atoms with Crippen molar-refractivity contribution >= 4 is 21.6 Å². The van der Waals surface area contributed by atoms with E-state index in [1.54, 1.807) is 43.3 Å². The SMILES string of the molecule is CCOc1ccccc1S(=O)(=O)NCC(OC)c1ccccc1Cl. The molecule has 0 aliphatic rings. The third-order valence-electron chi connectivity index (χ3n) is 3.43. The van der Waals surface area contributed by atoms with Crippen LogP contribution in [0, 0.1) is 0 Å². The highest BCUT2D eigenvalue weighted by atomic mass is 35.5. The van der Waals surface area contributed by atoms with Crippen molar-refractivity contribution < 1.29 is 17.9 Å². The van der Waals surface area contributed by atoms with Gasteiger partial charge in [-0.05, 0) is 25.1 Å². The molecule has 7 heteroatoms. The molecule has 0 aromatic heterocycles. The Balaban J connectivity index is 2.19. The average Bonchev–Trinajstić information content (AvgIpc) is 2.57. The number of methoxy groups -OCH3 is 1. The molecule has 1 atom stereocenters. The zero-order valence-electron chi connectivity index (χ0n) is 13.5. The van der Waals surface area contributed by atoms with Crippen molar-refractivity contribution in [3.05, 3.63) is 59.1 Å². The maximum Gasteiger partial charge on any atom is 0.244 e. The van der Waals surface area contributed by atoms with Gasteiger partial charge in [0.15, 0.2) is 0 Å². The molecule has 24 heavy (non-hydrogen) atoms. The van der Waals surface area contributed by atoms with E-state index in [4.69, 9.17) is 21.1 Å². The summed E-state index contributed by atoms with van der Waals surface area (Å²) in [6.45, 7) is 2.24. The van der Waals surface area contributed by atoms with E-state index in [1.807, 2.05) is 6.07 Å². The van der Waals surface area contributed by atoms with Crippen molar-refractivity contribution in [2.45, 2.75) is 17.9 Å². The number of para-hydroxylation sites is 1. The number of benzene rings is 2. The summed E-state index contributed by atoms with van der Waals surface area (Å²) in [4.78, 5) is 0.0980. The normalized spacial score (nSPS) is 12.8. The minimum atomic E-state index is -3.74. The average molecular weight is 370 g/mol. The maximum absolute atomic E-state index is 12.6. The van der Waals surface area contributed by atoms with Crippen molar-refractivity contribution in [1.29, 1.82) is 0 Å². The van der Waals surface area contributed by atoms with E-state index >= 15 is 0 Å². The number of halogens is 1. The first kappa shape index (κ1) is 18.7. The second-order valence-corrected chi connectivity index (χ2v) is 7.12. The molecule has 130 valence electrons. The van der Waals surface area contributed by atoms with Crippen LogP contribution in [0.1, 0.15) is 18.6 Å². The molecule has 0 bridgehead atoms. The molecule has 0 aliphatic carbocycles. The van der Waals surface area contributed by atoms with Gasteiger partial charge in [-0.1, -0.05) is 41.9 Å². The molecular formula is C17H20ClNO4S. The molecule has 1 N–H and O–H groups in total. The minimum Gasteiger partial charge on any atom is -0.492 e. The molecule has 0 heterocycles. The van der Waals surface area contributed by atoms with Gasteiger partial charge in [0.1, 0.15) is 10.6 Å². The third-order valence-corrected chi connectivity index (χ3v) is 5.24. The van der Waals surface area contributed by atoms with Gasteiger partial charge >= 0.3 is 0 Å². The van der Waals surface area contributed by atoms with Gasteiger partial charge in [-0.25, -0.2) is 13.1 Å².